The molecule has 0 atom stereocenters. The number of ether oxygens (including phenoxy) is 2. The number of nitrogens with zero attached hydrogens (tertiary/aromatic N) is 1. The van der Waals surface area contributed by atoms with Crippen molar-refractivity contribution in [3.63, 3.8) is 0 Å². The molecule has 0 spiro atoms. The lowest BCUT2D eigenvalue weighted by Crippen LogP contribution is -2.48. The minimum absolute atomic E-state index is 0.00792. The fraction of sp³-hybridized carbons (Fsp3) is 0.300. The second-order valence-corrected chi connectivity index (χ2v) is 5.80. The summed E-state index contributed by atoms with van der Waals surface area (Å²) in [6.07, 6.45) is -0.940. The molecule has 0 unspecified atom stereocenters. The van der Waals surface area contributed by atoms with E-state index in [1.54, 1.807) is 0 Å². The summed E-state index contributed by atoms with van der Waals surface area (Å²) in [5, 5.41) is 5.52. The maximum atomic E-state index is 11.9. The Bertz CT molecular complexity index is 669. The van der Waals surface area contributed by atoms with Crippen molar-refractivity contribution < 1.29 is 19.1 Å². The van der Waals surface area contributed by atoms with Crippen LogP contribution in [-0.4, -0.2) is 51.2 Å². The molecule has 7 nitrogen and oxygen atoms in total. The van der Waals surface area contributed by atoms with E-state index in [1.165, 1.54) is 0 Å². The number of alkyl carbamates (subject to hydrolysis) is 2. The van der Waals surface area contributed by atoms with Gasteiger partial charge in [0.25, 0.3) is 0 Å². The molecule has 28 heavy (non-hydrogen) atoms. The molecular formula is C20H27BN3O4-. The van der Waals surface area contributed by atoms with E-state index >= 15 is 0 Å². The van der Waals surface area contributed by atoms with E-state index in [9.17, 15) is 9.59 Å². The first-order chi connectivity index (χ1) is 13.5. The van der Waals surface area contributed by atoms with Gasteiger partial charge in [-0.1, -0.05) is 67.7 Å². The highest BCUT2D eigenvalue weighted by atomic mass is 16.6. The van der Waals surface area contributed by atoms with Gasteiger partial charge in [0.05, 0.1) is 0 Å². The highest BCUT2D eigenvalue weighted by Gasteiger charge is 2.13. The first kappa shape index (κ1) is 21.3. The van der Waals surface area contributed by atoms with Crippen molar-refractivity contribution in [2.45, 2.75) is 19.3 Å². The number of hydrogen-bond donors (Lipinski definition) is 2. The Kier molecular flexibility index (Phi) is 8.87. The highest BCUT2D eigenvalue weighted by molar-refractivity contribution is 6.04. The lowest BCUT2D eigenvalue weighted by atomic mass is 10.2. The highest BCUT2D eigenvalue weighted by Crippen LogP contribution is 2.02. The Hall–Kier alpha value is -3.00. The maximum absolute atomic E-state index is 11.9. The summed E-state index contributed by atoms with van der Waals surface area (Å²) in [5.41, 5.74) is 1.87. The molecule has 0 bridgehead atoms. The van der Waals surface area contributed by atoms with Gasteiger partial charge in [0.1, 0.15) is 13.2 Å². The van der Waals surface area contributed by atoms with Gasteiger partial charge < -0.3 is 24.9 Å². The second-order valence-electron chi connectivity index (χ2n) is 5.80. The Labute approximate surface area is 166 Å². The zero-order chi connectivity index (χ0) is 20.2. The van der Waals surface area contributed by atoms with Crippen LogP contribution in [0.4, 0.5) is 9.59 Å². The summed E-state index contributed by atoms with van der Waals surface area (Å²) in [6.45, 7) is 1.25. The van der Waals surface area contributed by atoms with E-state index in [4.69, 9.17) is 9.47 Å². The number of hydrogen-bond acceptors (Lipinski definition) is 5. The monoisotopic (exact) mass is 384 g/mol. The molecule has 0 saturated heterocycles. The second kappa shape index (κ2) is 11.7. The number of likely N-dealkylation sites (N-methyl/N-ethyl adjacent to an activating group) is 1. The van der Waals surface area contributed by atoms with Crippen LogP contribution in [0.25, 0.3) is 0 Å². The lowest BCUT2D eigenvalue weighted by molar-refractivity contribution is 0.134. The molecule has 0 radical (unpaired) electrons. The van der Waals surface area contributed by atoms with Gasteiger partial charge in [0.15, 0.2) is 0 Å². The molecular weight excluding hydrogens is 357 g/mol. The van der Waals surface area contributed by atoms with Crippen molar-refractivity contribution >= 4 is 20.2 Å². The zero-order valence-corrected chi connectivity index (χ0v) is 15.3. The minimum Gasteiger partial charge on any atom is -0.481 e. The van der Waals surface area contributed by atoms with Crippen LogP contribution in [0, 0.1) is 0 Å². The van der Waals surface area contributed by atoms with Gasteiger partial charge in [-0.15, -0.1) is 0 Å². The van der Waals surface area contributed by atoms with Gasteiger partial charge in [0, 0.05) is 27.1 Å². The van der Waals surface area contributed by atoms with E-state index in [0.29, 0.717) is 13.1 Å². The molecule has 0 saturated carbocycles. The van der Waals surface area contributed by atoms with Crippen LogP contribution < -0.4 is 10.6 Å². The predicted molar refractivity (Wildman–Crippen MR) is 111 cm³/mol. The average molecular weight is 384 g/mol. The minimum atomic E-state index is -0.470. The predicted octanol–water partition coefficient (Wildman–Crippen LogP) is 1.42. The molecule has 2 aromatic carbocycles. The molecule has 0 aromatic heterocycles. The average Bonchev–Trinajstić information content (AvgIpc) is 2.72. The third-order valence-corrected chi connectivity index (χ3v) is 3.75. The first-order valence-electron chi connectivity index (χ1n) is 8.65. The summed E-state index contributed by atoms with van der Waals surface area (Å²) in [7, 11) is 1.90. The number of amides is 2. The topological polar surface area (TPSA) is 79.9 Å². The molecule has 0 fully saturated rings. The quantitative estimate of drug-likeness (QED) is 0.640. The molecule has 2 amide bonds. The van der Waals surface area contributed by atoms with Gasteiger partial charge in [-0.2, -0.15) is 0 Å². The number of carbonyl (C=O) groups excluding carboxylic acids is 2. The summed E-state index contributed by atoms with van der Waals surface area (Å²) < 4.78 is 10.4. The molecule has 2 aromatic rings. The zero-order valence-electron chi connectivity index (χ0n) is 15.3. The molecule has 0 aliphatic heterocycles. The normalized spacial score (nSPS) is 10.6. The van der Waals surface area contributed by atoms with E-state index in [1.807, 2.05) is 67.7 Å². The fourth-order valence-corrected chi connectivity index (χ4v) is 2.21. The molecule has 0 aliphatic carbocycles. The number of benzene rings is 2. The summed E-state index contributed by atoms with van der Waals surface area (Å²) in [6, 6.07) is 19.0. The van der Waals surface area contributed by atoms with E-state index in [2.05, 4.69) is 15.4 Å². The third kappa shape index (κ3) is 8.13. The van der Waals surface area contributed by atoms with Crippen LogP contribution >= 0.6 is 0 Å². The summed E-state index contributed by atoms with van der Waals surface area (Å²) in [5.74, 6) is 0. The summed E-state index contributed by atoms with van der Waals surface area (Å²) >= 11 is 0. The maximum Gasteiger partial charge on any atom is 0.407 e. The van der Waals surface area contributed by atoms with Crippen molar-refractivity contribution in [1.82, 2.24) is 15.4 Å². The van der Waals surface area contributed by atoms with E-state index in [-0.39, 0.29) is 27.2 Å². The van der Waals surface area contributed by atoms with Crippen molar-refractivity contribution in [3.05, 3.63) is 71.8 Å². The van der Waals surface area contributed by atoms with Crippen LogP contribution in [0.1, 0.15) is 11.1 Å². The Morgan fingerprint density at radius 2 is 1.25 bits per heavy atom. The first-order valence-corrected chi connectivity index (χ1v) is 8.65. The van der Waals surface area contributed by atoms with Gasteiger partial charge in [-0.3, -0.25) is 0 Å². The van der Waals surface area contributed by atoms with E-state index < -0.39 is 12.2 Å². The third-order valence-electron chi connectivity index (χ3n) is 3.75. The van der Waals surface area contributed by atoms with Crippen LogP contribution in [0.5, 0.6) is 0 Å². The van der Waals surface area contributed by atoms with Gasteiger partial charge in [-0.05, 0) is 11.1 Å². The van der Waals surface area contributed by atoms with Crippen molar-refractivity contribution in [2.75, 3.05) is 20.1 Å². The number of carbonyl (C=O) groups is 2. The summed E-state index contributed by atoms with van der Waals surface area (Å²) in [4.78, 5) is 26.0. The number of rotatable bonds is 9. The van der Waals surface area contributed by atoms with Crippen molar-refractivity contribution in [2.24, 2.45) is 0 Å². The fourth-order valence-electron chi connectivity index (χ4n) is 2.21. The van der Waals surface area contributed by atoms with Crippen molar-refractivity contribution in [1.29, 1.82) is 0 Å². The Morgan fingerprint density at radius 1 is 0.857 bits per heavy atom. The smallest absolute Gasteiger partial charge is 0.407 e. The lowest BCUT2D eigenvalue weighted by Gasteiger charge is -2.30. The van der Waals surface area contributed by atoms with Crippen LogP contribution in [-0.2, 0) is 22.7 Å². The van der Waals surface area contributed by atoms with Gasteiger partial charge >= 0.3 is 12.2 Å². The van der Waals surface area contributed by atoms with E-state index in [0.717, 1.165) is 11.1 Å². The Morgan fingerprint density at radius 3 is 1.61 bits per heavy atom. The van der Waals surface area contributed by atoms with Crippen LogP contribution in [0.15, 0.2) is 60.7 Å². The molecule has 8 heteroatoms. The standard InChI is InChI=1S/C20H27BN3O4/c1-24(21)18(12-22-19(25)27-14-16-8-4-2-5-9-16)13-23-20(26)28-15-17-10-6-3-7-11-17/h2-11,18H,12-15H2,1,21H3,(H,22,25)(H,23,26)/q-1. The largest absolute Gasteiger partial charge is 0.481 e. The van der Waals surface area contributed by atoms with Crippen LogP contribution in [0.2, 0.25) is 0 Å². The van der Waals surface area contributed by atoms with Crippen molar-refractivity contribution in [3.8, 4) is 0 Å². The molecule has 0 heterocycles. The molecule has 2 N–H and O–H groups in total. The number of nitrogens with one attached hydrogen (secondary N) is 2. The SMILES string of the molecule is [BH3-]N(C)C(CNC(=O)OCc1ccccc1)CNC(=O)OCc1ccccc1. The van der Waals surface area contributed by atoms with Gasteiger partial charge in [0.2, 0.25) is 0 Å². The van der Waals surface area contributed by atoms with Crippen LogP contribution in [0.3, 0.4) is 0 Å². The van der Waals surface area contributed by atoms with Gasteiger partial charge in [-0.25, -0.2) is 9.59 Å². The Balaban J connectivity index is 1.67. The molecule has 0 aliphatic rings. The molecule has 2 rings (SSSR count). The molecule has 150 valence electrons.